The Labute approximate surface area is 139 Å². The zero-order valence-electron chi connectivity index (χ0n) is 13.0. The van der Waals surface area contributed by atoms with E-state index in [1.54, 1.807) is 35.2 Å². The lowest BCUT2D eigenvalue weighted by Crippen LogP contribution is -2.44. The highest BCUT2D eigenvalue weighted by molar-refractivity contribution is 7.91. The molecule has 1 atom stereocenters. The van der Waals surface area contributed by atoms with Gasteiger partial charge in [-0.25, -0.2) is 13.2 Å². The average Bonchev–Trinajstić information content (AvgIpc) is 3.30. The molecule has 1 aliphatic carbocycles. The largest absolute Gasteiger partial charge is 0.422 e. The van der Waals surface area contributed by atoms with Gasteiger partial charge in [0, 0.05) is 17.5 Å². The van der Waals surface area contributed by atoms with Crippen LogP contribution in [-0.2, 0) is 9.84 Å². The number of sulfone groups is 1. The Morgan fingerprint density at radius 1 is 1.12 bits per heavy atom. The van der Waals surface area contributed by atoms with Gasteiger partial charge in [0.1, 0.15) is 11.1 Å². The van der Waals surface area contributed by atoms with Crippen LogP contribution in [0.3, 0.4) is 0 Å². The van der Waals surface area contributed by atoms with Crippen molar-refractivity contribution in [3.63, 3.8) is 0 Å². The van der Waals surface area contributed by atoms with Crippen LogP contribution in [0.5, 0.6) is 0 Å². The first-order chi connectivity index (χ1) is 11.4. The Bertz CT molecular complexity index is 974. The van der Waals surface area contributed by atoms with Crippen LogP contribution in [0.15, 0.2) is 39.5 Å². The molecule has 0 radical (unpaired) electrons. The third-order valence-corrected chi connectivity index (χ3v) is 6.40. The van der Waals surface area contributed by atoms with Gasteiger partial charge in [-0.3, -0.25) is 4.79 Å². The molecule has 2 aromatic rings. The zero-order valence-corrected chi connectivity index (χ0v) is 13.8. The van der Waals surface area contributed by atoms with Crippen molar-refractivity contribution in [2.24, 2.45) is 0 Å². The van der Waals surface area contributed by atoms with E-state index >= 15 is 0 Å². The van der Waals surface area contributed by atoms with Gasteiger partial charge in [0.15, 0.2) is 9.84 Å². The minimum atomic E-state index is -3.10. The van der Waals surface area contributed by atoms with Crippen molar-refractivity contribution >= 4 is 26.7 Å². The van der Waals surface area contributed by atoms with Crippen molar-refractivity contribution in [3.05, 3.63) is 46.3 Å². The predicted molar refractivity (Wildman–Crippen MR) is 88.7 cm³/mol. The molecule has 2 heterocycles. The van der Waals surface area contributed by atoms with Crippen molar-refractivity contribution in [3.8, 4) is 0 Å². The van der Waals surface area contributed by atoms with E-state index in [4.69, 9.17) is 4.42 Å². The molecule has 2 aliphatic rings. The van der Waals surface area contributed by atoms with Crippen LogP contribution in [-0.4, -0.2) is 42.8 Å². The second-order valence-electron chi connectivity index (χ2n) is 6.49. The topological polar surface area (TPSA) is 84.7 Å². The fraction of sp³-hybridized carbons (Fsp3) is 0.412. The summed E-state index contributed by atoms with van der Waals surface area (Å²) in [5, 5.41) is 0.676. The van der Waals surface area contributed by atoms with Gasteiger partial charge < -0.3 is 9.32 Å². The van der Waals surface area contributed by atoms with Gasteiger partial charge in [-0.05, 0) is 31.4 Å². The fourth-order valence-corrected chi connectivity index (χ4v) is 5.04. The summed E-state index contributed by atoms with van der Waals surface area (Å²) in [5.74, 6) is -0.339. The molecule has 0 bridgehead atoms. The molecule has 0 spiro atoms. The number of benzene rings is 1. The lowest BCUT2D eigenvalue weighted by Gasteiger charge is -2.28. The van der Waals surface area contributed by atoms with Crippen LogP contribution in [0.2, 0.25) is 0 Å². The summed E-state index contributed by atoms with van der Waals surface area (Å²) in [7, 11) is -3.10. The zero-order chi connectivity index (χ0) is 16.9. The molecule has 24 heavy (non-hydrogen) atoms. The summed E-state index contributed by atoms with van der Waals surface area (Å²) >= 11 is 0. The number of nitrogens with zero attached hydrogens (tertiary/aromatic N) is 1. The molecule has 1 amide bonds. The summed E-state index contributed by atoms with van der Waals surface area (Å²) in [6.45, 7) is 0. The minimum absolute atomic E-state index is 0.0197. The summed E-state index contributed by atoms with van der Waals surface area (Å²) in [6.07, 6.45) is 2.13. The average molecular weight is 347 g/mol. The van der Waals surface area contributed by atoms with E-state index in [1.807, 2.05) is 0 Å². The molecule has 1 saturated carbocycles. The third-order valence-electron chi connectivity index (χ3n) is 4.65. The van der Waals surface area contributed by atoms with Crippen LogP contribution in [0.1, 0.15) is 29.6 Å². The van der Waals surface area contributed by atoms with Gasteiger partial charge in [0.05, 0.1) is 11.5 Å². The van der Waals surface area contributed by atoms with Gasteiger partial charge in [0.25, 0.3) is 5.91 Å². The Morgan fingerprint density at radius 3 is 2.54 bits per heavy atom. The quantitative estimate of drug-likeness (QED) is 0.787. The molecular weight excluding hydrogens is 330 g/mol. The second kappa shape index (κ2) is 5.44. The third kappa shape index (κ3) is 2.73. The van der Waals surface area contributed by atoms with Crippen molar-refractivity contribution in [1.29, 1.82) is 0 Å². The van der Waals surface area contributed by atoms with Crippen molar-refractivity contribution in [2.45, 2.75) is 31.3 Å². The molecular formula is C17H17NO5S. The highest BCUT2D eigenvalue weighted by atomic mass is 32.2. The monoisotopic (exact) mass is 347 g/mol. The summed E-state index contributed by atoms with van der Waals surface area (Å²) < 4.78 is 28.8. The van der Waals surface area contributed by atoms with Gasteiger partial charge in [0.2, 0.25) is 0 Å². The molecule has 7 heteroatoms. The molecule has 1 saturated heterocycles. The SMILES string of the molecule is O=C(c1cc2ccccc2oc1=O)N(C1CC1)[C@H]1CCS(=O)(=O)C1. The van der Waals surface area contributed by atoms with Crippen LogP contribution < -0.4 is 5.63 Å². The van der Waals surface area contributed by atoms with Gasteiger partial charge in [-0.2, -0.15) is 0 Å². The standard InChI is InChI=1S/C17H17NO5S/c19-16(14-9-11-3-1-2-4-15(11)23-17(14)20)18(12-5-6-12)13-7-8-24(21,22)10-13/h1-4,9,12-13H,5-8,10H2/t13-/m0/s1. The summed E-state index contributed by atoms with van der Waals surface area (Å²) in [6, 6.07) is 8.24. The Balaban J connectivity index is 1.73. The van der Waals surface area contributed by atoms with Crippen LogP contribution >= 0.6 is 0 Å². The normalized spacial score (nSPS) is 22.6. The predicted octanol–water partition coefficient (Wildman–Crippen LogP) is 1.58. The number of hydrogen-bond acceptors (Lipinski definition) is 5. The fourth-order valence-electron chi connectivity index (χ4n) is 3.33. The number of carbonyl (C=O) groups excluding carboxylic acids is 1. The number of amides is 1. The van der Waals surface area contributed by atoms with Gasteiger partial charge in [-0.15, -0.1) is 0 Å². The molecule has 1 aromatic carbocycles. The first-order valence-corrected chi connectivity index (χ1v) is 9.83. The van der Waals surface area contributed by atoms with E-state index in [1.165, 1.54) is 0 Å². The van der Waals surface area contributed by atoms with E-state index < -0.39 is 21.4 Å². The number of rotatable bonds is 3. The molecule has 1 aromatic heterocycles. The van der Waals surface area contributed by atoms with E-state index in [0.717, 1.165) is 12.8 Å². The van der Waals surface area contributed by atoms with E-state index in [-0.39, 0.29) is 29.2 Å². The molecule has 1 aliphatic heterocycles. The molecule has 126 valence electrons. The first-order valence-electron chi connectivity index (χ1n) is 8.00. The Hall–Kier alpha value is -2.15. The van der Waals surface area contributed by atoms with Crippen molar-refractivity contribution in [2.75, 3.05) is 11.5 Å². The van der Waals surface area contributed by atoms with Gasteiger partial charge in [-0.1, -0.05) is 18.2 Å². The highest BCUT2D eigenvalue weighted by Crippen LogP contribution is 2.33. The molecule has 4 rings (SSSR count). The Morgan fingerprint density at radius 2 is 1.88 bits per heavy atom. The van der Waals surface area contributed by atoms with Crippen molar-refractivity contribution in [1.82, 2.24) is 4.90 Å². The summed E-state index contributed by atoms with van der Waals surface area (Å²) in [4.78, 5) is 26.8. The number of carbonyl (C=O) groups is 1. The lowest BCUT2D eigenvalue weighted by atomic mass is 10.1. The first kappa shape index (κ1) is 15.4. The molecule has 2 fully saturated rings. The maximum absolute atomic E-state index is 13.0. The van der Waals surface area contributed by atoms with Crippen LogP contribution in [0.25, 0.3) is 11.0 Å². The Kier molecular flexibility index (Phi) is 3.49. The molecule has 0 N–H and O–H groups in total. The molecule has 6 nitrogen and oxygen atoms in total. The summed E-state index contributed by atoms with van der Waals surface area (Å²) in [5.41, 5.74) is -0.268. The smallest absolute Gasteiger partial charge is 0.349 e. The number of para-hydroxylation sites is 1. The van der Waals surface area contributed by atoms with E-state index in [2.05, 4.69) is 0 Å². The maximum atomic E-state index is 13.0. The maximum Gasteiger partial charge on any atom is 0.349 e. The van der Waals surface area contributed by atoms with Crippen LogP contribution in [0.4, 0.5) is 0 Å². The lowest BCUT2D eigenvalue weighted by molar-refractivity contribution is 0.0676. The highest BCUT2D eigenvalue weighted by Gasteiger charge is 2.43. The van der Waals surface area contributed by atoms with E-state index in [9.17, 15) is 18.0 Å². The second-order valence-corrected chi connectivity index (χ2v) is 8.71. The number of fused-ring (bicyclic) bond motifs is 1. The van der Waals surface area contributed by atoms with Crippen molar-refractivity contribution < 1.29 is 17.6 Å². The molecule has 0 unspecified atom stereocenters. The van der Waals surface area contributed by atoms with E-state index in [0.29, 0.717) is 17.4 Å². The minimum Gasteiger partial charge on any atom is -0.422 e. The van der Waals surface area contributed by atoms with Gasteiger partial charge >= 0.3 is 5.63 Å². The number of hydrogen-bond donors (Lipinski definition) is 0. The van der Waals surface area contributed by atoms with Crippen LogP contribution in [0, 0.1) is 0 Å².